The Hall–Kier alpha value is -2.19. The van der Waals surface area contributed by atoms with Gasteiger partial charge in [0.1, 0.15) is 11.3 Å². The maximum absolute atomic E-state index is 12.8. The summed E-state index contributed by atoms with van der Waals surface area (Å²) in [5.41, 5.74) is 2.13. The van der Waals surface area contributed by atoms with E-state index in [0.717, 1.165) is 5.56 Å². The number of carbonyl (C=O) groups is 1. The third-order valence-electron chi connectivity index (χ3n) is 3.60. The predicted molar refractivity (Wildman–Crippen MR) is 101 cm³/mol. The van der Waals surface area contributed by atoms with Gasteiger partial charge in [-0.2, -0.15) is 11.3 Å². The lowest BCUT2D eigenvalue weighted by atomic mass is 10.0. The van der Waals surface area contributed by atoms with Gasteiger partial charge in [-0.15, -0.1) is 0 Å². The number of aliphatic hydroxyl groups excluding tert-OH is 1. The number of amides is 1. The Kier molecular flexibility index (Phi) is 6.40. The molecule has 3 aromatic rings. The standard InChI is InChI=1S/C18H17ClN2O4S/c19-14-4-2-1-3-13(14)16-15(18(23)20-6-8-24-9-7-22)17(25-21-16)12-5-10-26-11-12/h1-5,10-11,22H,6-9H2,(H,20,23). The van der Waals surface area contributed by atoms with Gasteiger partial charge in [-0.3, -0.25) is 4.79 Å². The Labute approximate surface area is 159 Å². The highest BCUT2D eigenvalue weighted by atomic mass is 35.5. The van der Waals surface area contributed by atoms with Crippen LogP contribution in [0.15, 0.2) is 45.6 Å². The molecule has 0 atom stereocenters. The van der Waals surface area contributed by atoms with Gasteiger partial charge in [-0.05, 0) is 17.5 Å². The van der Waals surface area contributed by atoms with Crippen LogP contribution in [0.25, 0.3) is 22.6 Å². The van der Waals surface area contributed by atoms with E-state index in [9.17, 15) is 4.79 Å². The smallest absolute Gasteiger partial charge is 0.257 e. The van der Waals surface area contributed by atoms with Gasteiger partial charge in [0.2, 0.25) is 0 Å². The molecule has 0 aliphatic carbocycles. The molecular formula is C18H17ClN2O4S. The van der Waals surface area contributed by atoms with Crippen LogP contribution in [0.4, 0.5) is 0 Å². The molecule has 136 valence electrons. The molecule has 0 saturated carbocycles. The number of halogens is 1. The van der Waals surface area contributed by atoms with Crippen LogP contribution in [0.2, 0.25) is 5.02 Å². The van der Waals surface area contributed by atoms with Crippen molar-refractivity contribution in [1.82, 2.24) is 10.5 Å². The third kappa shape index (κ3) is 4.13. The highest BCUT2D eigenvalue weighted by Gasteiger charge is 2.26. The number of hydrogen-bond acceptors (Lipinski definition) is 6. The summed E-state index contributed by atoms with van der Waals surface area (Å²) >= 11 is 7.78. The van der Waals surface area contributed by atoms with E-state index >= 15 is 0 Å². The second kappa shape index (κ2) is 8.95. The van der Waals surface area contributed by atoms with E-state index < -0.39 is 0 Å². The summed E-state index contributed by atoms with van der Waals surface area (Å²) in [6.07, 6.45) is 0. The Bertz CT molecular complexity index is 864. The van der Waals surface area contributed by atoms with Crippen LogP contribution in [-0.2, 0) is 4.74 Å². The summed E-state index contributed by atoms with van der Waals surface area (Å²) < 4.78 is 10.7. The van der Waals surface area contributed by atoms with Gasteiger partial charge in [-0.1, -0.05) is 35.0 Å². The molecule has 8 heteroatoms. The van der Waals surface area contributed by atoms with Crippen molar-refractivity contribution in [3.8, 4) is 22.6 Å². The first-order chi connectivity index (χ1) is 12.7. The molecule has 0 bridgehead atoms. The summed E-state index contributed by atoms with van der Waals surface area (Å²) in [5, 5.41) is 19.9. The van der Waals surface area contributed by atoms with Crippen LogP contribution in [0.5, 0.6) is 0 Å². The van der Waals surface area contributed by atoms with Crippen LogP contribution in [0, 0.1) is 0 Å². The van der Waals surface area contributed by atoms with E-state index in [1.807, 2.05) is 29.0 Å². The lowest BCUT2D eigenvalue weighted by Gasteiger charge is -2.07. The number of benzene rings is 1. The zero-order chi connectivity index (χ0) is 18.4. The molecule has 1 amide bonds. The van der Waals surface area contributed by atoms with Gasteiger partial charge in [0.15, 0.2) is 5.76 Å². The molecule has 26 heavy (non-hydrogen) atoms. The number of nitrogens with one attached hydrogen (secondary N) is 1. The summed E-state index contributed by atoms with van der Waals surface area (Å²) in [6.45, 7) is 0.772. The van der Waals surface area contributed by atoms with Gasteiger partial charge < -0.3 is 19.7 Å². The number of rotatable bonds is 8. The first-order valence-corrected chi connectivity index (χ1v) is 9.28. The minimum absolute atomic E-state index is 0.0570. The molecule has 0 saturated heterocycles. The molecule has 2 N–H and O–H groups in total. The van der Waals surface area contributed by atoms with Crippen molar-refractivity contribution in [3.05, 3.63) is 51.7 Å². The van der Waals surface area contributed by atoms with E-state index in [0.29, 0.717) is 40.8 Å². The zero-order valence-electron chi connectivity index (χ0n) is 13.8. The molecule has 0 aliphatic rings. The summed E-state index contributed by atoms with van der Waals surface area (Å²) in [4.78, 5) is 12.8. The summed E-state index contributed by atoms with van der Waals surface area (Å²) in [5.74, 6) is 0.0740. The Morgan fingerprint density at radius 2 is 2.15 bits per heavy atom. The van der Waals surface area contributed by atoms with Crippen molar-refractivity contribution < 1.29 is 19.2 Å². The maximum Gasteiger partial charge on any atom is 0.257 e. The van der Waals surface area contributed by atoms with Crippen molar-refractivity contribution in [1.29, 1.82) is 0 Å². The molecule has 0 unspecified atom stereocenters. The lowest BCUT2D eigenvalue weighted by molar-refractivity contribution is 0.0838. The molecule has 6 nitrogen and oxygen atoms in total. The van der Waals surface area contributed by atoms with Gasteiger partial charge in [0.25, 0.3) is 5.91 Å². The van der Waals surface area contributed by atoms with Crippen molar-refractivity contribution in [2.45, 2.75) is 0 Å². The quantitative estimate of drug-likeness (QED) is 0.573. The van der Waals surface area contributed by atoms with Crippen molar-refractivity contribution in [2.24, 2.45) is 0 Å². The van der Waals surface area contributed by atoms with E-state index in [1.165, 1.54) is 11.3 Å². The number of hydrogen-bond donors (Lipinski definition) is 2. The number of nitrogens with zero attached hydrogens (tertiary/aromatic N) is 1. The average molecular weight is 393 g/mol. The normalized spacial score (nSPS) is 10.8. The molecular weight excluding hydrogens is 376 g/mol. The van der Waals surface area contributed by atoms with E-state index in [4.69, 9.17) is 26.0 Å². The summed E-state index contributed by atoms with van der Waals surface area (Å²) in [6, 6.07) is 9.02. The Morgan fingerprint density at radius 3 is 2.88 bits per heavy atom. The van der Waals surface area contributed by atoms with E-state index in [-0.39, 0.29) is 19.1 Å². The van der Waals surface area contributed by atoms with Crippen molar-refractivity contribution in [2.75, 3.05) is 26.4 Å². The van der Waals surface area contributed by atoms with Gasteiger partial charge >= 0.3 is 0 Å². The third-order valence-corrected chi connectivity index (χ3v) is 4.61. The molecule has 3 rings (SSSR count). The predicted octanol–water partition coefficient (Wildman–Crippen LogP) is 3.46. The van der Waals surface area contributed by atoms with E-state index in [1.54, 1.807) is 12.1 Å². The van der Waals surface area contributed by atoms with Crippen LogP contribution >= 0.6 is 22.9 Å². The number of aromatic nitrogens is 1. The van der Waals surface area contributed by atoms with Gasteiger partial charge in [-0.25, -0.2) is 0 Å². The molecule has 0 radical (unpaired) electrons. The van der Waals surface area contributed by atoms with Crippen molar-refractivity contribution >= 4 is 28.8 Å². The average Bonchev–Trinajstić information content (AvgIpc) is 3.31. The minimum Gasteiger partial charge on any atom is -0.394 e. The molecule has 0 fully saturated rings. The highest BCUT2D eigenvalue weighted by molar-refractivity contribution is 7.08. The highest BCUT2D eigenvalue weighted by Crippen LogP contribution is 2.36. The monoisotopic (exact) mass is 392 g/mol. The topological polar surface area (TPSA) is 84.6 Å². The fourth-order valence-corrected chi connectivity index (χ4v) is 3.28. The van der Waals surface area contributed by atoms with Crippen LogP contribution in [-0.4, -0.2) is 42.5 Å². The lowest BCUT2D eigenvalue weighted by Crippen LogP contribution is -2.28. The van der Waals surface area contributed by atoms with Crippen LogP contribution in [0.3, 0.4) is 0 Å². The second-order valence-electron chi connectivity index (χ2n) is 5.32. The molecule has 0 aliphatic heterocycles. The van der Waals surface area contributed by atoms with Crippen LogP contribution < -0.4 is 5.32 Å². The zero-order valence-corrected chi connectivity index (χ0v) is 15.3. The Balaban J connectivity index is 1.91. The van der Waals surface area contributed by atoms with Gasteiger partial charge in [0, 0.05) is 23.1 Å². The molecule has 2 aromatic heterocycles. The van der Waals surface area contributed by atoms with Crippen molar-refractivity contribution in [3.63, 3.8) is 0 Å². The molecule has 1 aromatic carbocycles. The van der Waals surface area contributed by atoms with Gasteiger partial charge in [0.05, 0.1) is 24.8 Å². The fraction of sp³-hybridized carbons (Fsp3) is 0.222. The minimum atomic E-state index is -0.324. The SMILES string of the molecule is O=C(NCCOCCO)c1c(-c2ccccc2Cl)noc1-c1ccsc1. The molecule has 0 spiro atoms. The second-order valence-corrected chi connectivity index (χ2v) is 6.51. The first kappa shape index (κ1) is 18.6. The number of thiophene rings is 1. The summed E-state index contributed by atoms with van der Waals surface area (Å²) in [7, 11) is 0. The fourth-order valence-electron chi connectivity index (χ4n) is 2.42. The molecule has 2 heterocycles. The number of aliphatic hydroxyl groups is 1. The number of ether oxygens (including phenoxy) is 1. The van der Waals surface area contributed by atoms with E-state index in [2.05, 4.69) is 10.5 Å². The largest absolute Gasteiger partial charge is 0.394 e. The number of carbonyl (C=O) groups excluding carboxylic acids is 1. The maximum atomic E-state index is 12.8. The first-order valence-electron chi connectivity index (χ1n) is 7.96. The Morgan fingerprint density at radius 1 is 1.31 bits per heavy atom. The van der Waals surface area contributed by atoms with Crippen LogP contribution in [0.1, 0.15) is 10.4 Å².